The lowest BCUT2D eigenvalue weighted by Gasteiger charge is -2.26. The van der Waals surface area contributed by atoms with E-state index in [0.717, 1.165) is 19.6 Å². The first-order valence-corrected chi connectivity index (χ1v) is 10.6. The molecule has 150 valence electrons. The molecule has 6 heteroatoms. The number of hydrogen-bond acceptors (Lipinski definition) is 3. The number of amides is 3. The van der Waals surface area contributed by atoms with Gasteiger partial charge in [-0.25, -0.2) is 0 Å². The largest absolute Gasteiger partial charge is 0.324 e. The van der Waals surface area contributed by atoms with Gasteiger partial charge in [0.1, 0.15) is 6.04 Å². The molecular weight excluding hydrogens is 491 g/mol. The van der Waals surface area contributed by atoms with Crippen LogP contribution < -0.4 is 5.32 Å². The van der Waals surface area contributed by atoms with Gasteiger partial charge >= 0.3 is 0 Å². The Morgan fingerprint density at radius 3 is 2.13 bits per heavy atom. The van der Waals surface area contributed by atoms with Crippen molar-refractivity contribution in [1.82, 2.24) is 4.90 Å². The number of imide groups is 1. The average molecular weight is 510 g/mol. The molecule has 30 heavy (non-hydrogen) atoms. The zero-order valence-electron chi connectivity index (χ0n) is 16.3. The molecule has 0 spiro atoms. The highest BCUT2D eigenvalue weighted by molar-refractivity contribution is 14.1. The van der Waals surface area contributed by atoms with Gasteiger partial charge in [0.2, 0.25) is 5.91 Å². The van der Waals surface area contributed by atoms with Gasteiger partial charge in [0.05, 0.1) is 11.1 Å². The summed E-state index contributed by atoms with van der Waals surface area (Å²) in [4.78, 5) is 40.5. The van der Waals surface area contributed by atoms with Crippen LogP contribution in [-0.4, -0.2) is 28.7 Å². The fourth-order valence-electron chi connectivity index (χ4n) is 3.61. The fraction of sp³-hybridized carbons (Fsp3) is 0.125. The maximum Gasteiger partial charge on any atom is 0.262 e. The van der Waals surface area contributed by atoms with Gasteiger partial charge in [-0.05, 0) is 71.0 Å². The number of anilines is 1. The highest BCUT2D eigenvalue weighted by Crippen LogP contribution is 2.27. The first-order valence-electron chi connectivity index (χ1n) is 9.53. The second kappa shape index (κ2) is 8.39. The summed E-state index contributed by atoms with van der Waals surface area (Å²) in [5, 5.41) is 2.91. The van der Waals surface area contributed by atoms with Crippen molar-refractivity contribution in [2.45, 2.75) is 19.4 Å². The highest BCUT2D eigenvalue weighted by atomic mass is 127. The van der Waals surface area contributed by atoms with Crippen molar-refractivity contribution in [1.29, 1.82) is 0 Å². The van der Waals surface area contributed by atoms with E-state index in [2.05, 4.69) is 27.9 Å². The van der Waals surface area contributed by atoms with E-state index < -0.39 is 23.8 Å². The lowest BCUT2D eigenvalue weighted by atomic mass is 10.0. The van der Waals surface area contributed by atoms with Crippen molar-refractivity contribution in [2.75, 3.05) is 5.32 Å². The summed E-state index contributed by atoms with van der Waals surface area (Å²) in [6.07, 6.45) is 0.238. The summed E-state index contributed by atoms with van der Waals surface area (Å²) < 4.78 is 1.06. The lowest BCUT2D eigenvalue weighted by Crippen LogP contribution is -2.48. The summed E-state index contributed by atoms with van der Waals surface area (Å²) in [7, 11) is 0. The summed E-state index contributed by atoms with van der Waals surface area (Å²) in [5.74, 6) is -1.27. The van der Waals surface area contributed by atoms with Crippen LogP contribution in [0, 0.1) is 10.5 Å². The topological polar surface area (TPSA) is 66.5 Å². The number of nitrogens with one attached hydrogen (secondary N) is 1. The van der Waals surface area contributed by atoms with Crippen molar-refractivity contribution in [3.05, 3.63) is 98.6 Å². The van der Waals surface area contributed by atoms with E-state index in [0.29, 0.717) is 16.8 Å². The van der Waals surface area contributed by atoms with E-state index in [1.165, 1.54) is 0 Å². The average Bonchev–Trinajstić information content (AvgIpc) is 3.00. The molecule has 0 radical (unpaired) electrons. The van der Waals surface area contributed by atoms with Crippen molar-refractivity contribution in [3.8, 4) is 0 Å². The first kappa shape index (κ1) is 20.3. The Balaban J connectivity index is 1.69. The minimum absolute atomic E-state index is 0.238. The van der Waals surface area contributed by atoms with Gasteiger partial charge in [0.15, 0.2) is 0 Å². The quantitative estimate of drug-likeness (QED) is 0.408. The third kappa shape index (κ3) is 3.87. The minimum Gasteiger partial charge on any atom is -0.324 e. The number of hydrogen-bond donors (Lipinski definition) is 1. The Bertz CT molecular complexity index is 1110. The second-order valence-corrected chi connectivity index (χ2v) is 8.43. The zero-order valence-corrected chi connectivity index (χ0v) is 18.4. The van der Waals surface area contributed by atoms with Crippen LogP contribution in [0.4, 0.5) is 5.69 Å². The van der Waals surface area contributed by atoms with E-state index in [9.17, 15) is 14.4 Å². The van der Waals surface area contributed by atoms with Crippen LogP contribution in [0.15, 0.2) is 72.8 Å². The van der Waals surface area contributed by atoms with Crippen LogP contribution >= 0.6 is 22.6 Å². The Morgan fingerprint density at radius 1 is 0.933 bits per heavy atom. The van der Waals surface area contributed by atoms with E-state index in [1.54, 1.807) is 24.3 Å². The number of carbonyl (C=O) groups is 3. The van der Waals surface area contributed by atoms with Crippen LogP contribution in [0.25, 0.3) is 0 Å². The van der Waals surface area contributed by atoms with E-state index in [1.807, 2.05) is 55.5 Å². The number of benzene rings is 3. The standard InChI is InChI=1S/C24H19IN2O3/c1-15-13-17(25)11-12-20(15)26-22(28)21(14-16-7-3-2-4-8-16)27-23(29)18-9-5-6-10-19(18)24(27)30/h2-13,21H,14H2,1H3,(H,26,28)/t21-/m1/s1. The third-order valence-corrected chi connectivity index (χ3v) is 5.83. The lowest BCUT2D eigenvalue weighted by molar-refractivity contribution is -0.119. The van der Waals surface area contributed by atoms with Gasteiger partial charge in [-0.15, -0.1) is 0 Å². The fourth-order valence-corrected chi connectivity index (χ4v) is 4.26. The molecule has 1 aliphatic rings. The molecule has 0 aliphatic carbocycles. The smallest absolute Gasteiger partial charge is 0.262 e. The molecule has 1 aliphatic heterocycles. The van der Waals surface area contributed by atoms with Crippen molar-refractivity contribution < 1.29 is 14.4 Å². The number of rotatable bonds is 5. The SMILES string of the molecule is Cc1cc(I)ccc1NC(=O)[C@@H](Cc1ccccc1)N1C(=O)c2ccccc2C1=O. The molecule has 0 aromatic heterocycles. The Kier molecular flexibility index (Phi) is 5.67. The van der Waals surface area contributed by atoms with E-state index >= 15 is 0 Å². The molecule has 0 unspecified atom stereocenters. The van der Waals surface area contributed by atoms with Gasteiger partial charge < -0.3 is 5.32 Å². The van der Waals surface area contributed by atoms with Gasteiger partial charge in [-0.2, -0.15) is 0 Å². The molecule has 3 aromatic rings. The normalized spacial score (nSPS) is 13.9. The van der Waals surface area contributed by atoms with Gasteiger partial charge in [0, 0.05) is 15.7 Å². The Hall–Kier alpha value is -3.00. The number of halogens is 1. The number of nitrogens with zero attached hydrogens (tertiary/aromatic N) is 1. The molecule has 1 N–H and O–H groups in total. The van der Waals surface area contributed by atoms with Crippen LogP contribution in [0.2, 0.25) is 0 Å². The second-order valence-electron chi connectivity index (χ2n) is 7.18. The zero-order chi connectivity index (χ0) is 21.3. The maximum absolute atomic E-state index is 13.3. The van der Waals surface area contributed by atoms with Crippen molar-refractivity contribution in [3.63, 3.8) is 0 Å². The highest BCUT2D eigenvalue weighted by Gasteiger charge is 2.42. The van der Waals surface area contributed by atoms with Gasteiger partial charge in [-0.1, -0.05) is 42.5 Å². The Morgan fingerprint density at radius 2 is 1.53 bits per heavy atom. The molecule has 3 aromatic carbocycles. The minimum atomic E-state index is -0.960. The monoisotopic (exact) mass is 510 g/mol. The predicted octanol–water partition coefficient (Wildman–Crippen LogP) is 4.45. The van der Waals surface area contributed by atoms with Crippen LogP contribution in [0.5, 0.6) is 0 Å². The van der Waals surface area contributed by atoms with Crippen molar-refractivity contribution in [2.24, 2.45) is 0 Å². The van der Waals surface area contributed by atoms with Crippen LogP contribution in [0.3, 0.4) is 0 Å². The summed E-state index contributed by atoms with van der Waals surface area (Å²) >= 11 is 2.21. The van der Waals surface area contributed by atoms with Gasteiger partial charge in [0.25, 0.3) is 11.8 Å². The first-order chi connectivity index (χ1) is 14.5. The summed E-state index contributed by atoms with van der Waals surface area (Å²) in [6.45, 7) is 1.91. The molecule has 3 amide bonds. The predicted molar refractivity (Wildman–Crippen MR) is 123 cm³/mol. The summed E-state index contributed by atoms with van der Waals surface area (Å²) in [5.41, 5.74) is 3.11. The molecule has 0 bridgehead atoms. The van der Waals surface area contributed by atoms with Crippen LogP contribution in [-0.2, 0) is 11.2 Å². The molecule has 1 heterocycles. The van der Waals surface area contributed by atoms with Crippen LogP contribution in [0.1, 0.15) is 31.8 Å². The molecule has 4 rings (SSSR count). The van der Waals surface area contributed by atoms with E-state index in [4.69, 9.17) is 0 Å². The number of carbonyl (C=O) groups excluding carboxylic acids is 3. The maximum atomic E-state index is 13.3. The van der Waals surface area contributed by atoms with Crippen molar-refractivity contribution >= 4 is 46.0 Å². The Labute approximate surface area is 188 Å². The molecular formula is C24H19IN2O3. The number of fused-ring (bicyclic) bond motifs is 1. The molecule has 0 saturated heterocycles. The van der Waals surface area contributed by atoms with Gasteiger partial charge in [-0.3, -0.25) is 19.3 Å². The molecule has 1 atom stereocenters. The molecule has 0 saturated carbocycles. The van der Waals surface area contributed by atoms with E-state index in [-0.39, 0.29) is 6.42 Å². The number of aryl methyl sites for hydroxylation is 1. The molecule has 0 fully saturated rings. The third-order valence-electron chi connectivity index (χ3n) is 5.16. The summed E-state index contributed by atoms with van der Waals surface area (Å²) in [6, 6.07) is 20.8. The molecule has 5 nitrogen and oxygen atoms in total.